The van der Waals surface area contributed by atoms with Gasteiger partial charge in [0, 0.05) is 18.3 Å². The van der Waals surface area contributed by atoms with Crippen LogP contribution in [0.4, 0.5) is 0 Å². The van der Waals surface area contributed by atoms with Gasteiger partial charge in [-0.3, -0.25) is 9.59 Å². The number of carbonyl (C=O) groups excluding carboxylic acids is 1. The van der Waals surface area contributed by atoms with E-state index in [2.05, 4.69) is 10.3 Å². The van der Waals surface area contributed by atoms with E-state index < -0.39 is 11.4 Å². The molecular weight excluding hydrogens is 288 g/mol. The lowest BCUT2D eigenvalue weighted by molar-refractivity contribution is -0.149. The zero-order chi connectivity index (χ0) is 15.9. The fourth-order valence-corrected chi connectivity index (χ4v) is 2.83. The van der Waals surface area contributed by atoms with E-state index in [1.165, 1.54) is 0 Å². The van der Waals surface area contributed by atoms with Crippen molar-refractivity contribution in [1.82, 2.24) is 10.3 Å². The average molecular weight is 312 g/mol. The molecule has 0 atom stereocenters. The van der Waals surface area contributed by atoms with Gasteiger partial charge in [-0.05, 0) is 32.6 Å². The lowest BCUT2D eigenvalue weighted by atomic mass is 9.82. The first-order valence-corrected chi connectivity index (χ1v) is 8.22. The predicted octanol–water partition coefficient (Wildman–Crippen LogP) is 2.78. The van der Waals surface area contributed by atoms with Crippen molar-refractivity contribution in [2.24, 2.45) is 5.41 Å². The summed E-state index contributed by atoms with van der Waals surface area (Å²) < 4.78 is 0. The molecule has 21 heavy (non-hydrogen) atoms. The molecule has 1 amide bonds. The van der Waals surface area contributed by atoms with Gasteiger partial charge in [-0.2, -0.15) is 0 Å². The van der Waals surface area contributed by atoms with Gasteiger partial charge in [0.1, 0.15) is 0 Å². The summed E-state index contributed by atoms with van der Waals surface area (Å²) in [6.45, 7) is 5.84. The number of nitrogens with zero attached hydrogens (tertiary/aromatic N) is 1. The van der Waals surface area contributed by atoms with Gasteiger partial charge in [-0.25, -0.2) is 4.98 Å². The summed E-state index contributed by atoms with van der Waals surface area (Å²) in [5.74, 6) is -0.930. The fourth-order valence-electron chi connectivity index (χ4n) is 2.19. The molecule has 0 aromatic carbocycles. The average Bonchev–Trinajstić information content (AvgIpc) is 2.86. The van der Waals surface area contributed by atoms with Crippen molar-refractivity contribution in [2.75, 3.05) is 6.54 Å². The van der Waals surface area contributed by atoms with E-state index in [0.29, 0.717) is 19.3 Å². The number of carboxylic acid groups (broad SMARTS) is 1. The standard InChI is InChI=1S/C15H24N2O3S/c1-4-15(5-2,14(19)20)10-16-13(18)8-6-7-12-9-21-11(3)17-12/h9H,4-8,10H2,1-3H3,(H,16,18)(H,19,20). The number of aromatic nitrogens is 1. The van der Waals surface area contributed by atoms with Crippen molar-refractivity contribution in [1.29, 1.82) is 0 Å². The van der Waals surface area contributed by atoms with Gasteiger partial charge in [-0.1, -0.05) is 13.8 Å². The van der Waals surface area contributed by atoms with Gasteiger partial charge in [0.05, 0.1) is 16.1 Å². The van der Waals surface area contributed by atoms with Crippen molar-refractivity contribution in [2.45, 2.75) is 52.9 Å². The first-order chi connectivity index (χ1) is 9.93. The van der Waals surface area contributed by atoms with Crippen molar-refractivity contribution >= 4 is 23.2 Å². The maximum Gasteiger partial charge on any atom is 0.311 e. The Labute approximate surface area is 129 Å². The van der Waals surface area contributed by atoms with Crippen LogP contribution in [-0.2, 0) is 16.0 Å². The lowest BCUT2D eigenvalue weighted by Crippen LogP contribution is -2.42. The van der Waals surface area contributed by atoms with E-state index in [4.69, 9.17) is 0 Å². The Bertz CT molecular complexity index is 481. The number of aryl methyl sites for hydroxylation is 2. The Morgan fingerprint density at radius 1 is 1.38 bits per heavy atom. The number of nitrogens with one attached hydrogen (secondary N) is 1. The minimum absolute atomic E-state index is 0.0884. The van der Waals surface area contributed by atoms with Crippen LogP contribution in [0.2, 0.25) is 0 Å². The molecule has 0 saturated carbocycles. The maximum absolute atomic E-state index is 11.8. The summed E-state index contributed by atoms with van der Waals surface area (Å²) >= 11 is 1.61. The van der Waals surface area contributed by atoms with Crippen LogP contribution in [0.15, 0.2) is 5.38 Å². The highest BCUT2D eigenvalue weighted by Crippen LogP contribution is 2.25. The molecule has 1 rings (SSSR count). The Kier molecular flexibility index (Phi) is 6.81. The Balaban J connectivity index is 2.34. The lowest BCUT2D eigenvalue weighted by Gasteiger charge is -2.26. The number of amides is 1. The summed E-state index contributed by atoms with van der Waals surface area (Å²) in [5, 5.41) is 15.1. The summed E-state index contributed by atoms with van der Waals surface area (Å²) in [5.41, 5.74) is 0.175. The highest BCUT2D eigenvalue weighted by atomic mass is 32.1. The highest BCUT2D eigenvalue weighted by molar-refractivity contribution is 7.09. The molecule has 1 aromatic heterocycles. The monoisotopic (exact) mass is 312 g/mol. The molecule has 1 heterocycles. The van der Waals surface area contributed by atoms with Gasteiger partial charge in [0.15, 0.2) is 0 Å². The van der Waals surface area contributed by atoms with E-state index >= 15 is 0 Å². The first-order valence-electron chi connectivity index (χ1n) is 7.34. The first kappa shape index (κ1) is 17.6. The van der Waals surface area contributed by atoms with Gasteiger partial charge in [-0.15, -0.1) is 11.3 Å². The number of carboxylic acids is 1. The second kappa shape index (κ2) is 8.12. The number of rotatable bonds is 9. The molecule has 0 unspecified atom stereocenters. The summed E-state index contributed by atoms with van der Waals surface area (Å²) in [6, 6.07) is 0. The molecule has 2 N–H and O–H groups in total. The highest BCUT2D eigenvalue weighted by Gasteiger charge is 2.34. The largest absolute Gasteiger partial charge is 0.481 e. The van der Waals surface area contributed by atoms with Crippen LogP contribution in [0, 0.1) is 12.3 Å². The molecule has 0 spiro atoms. The molecule has 0 aliphatic carbocycles. The number of carbonyl (C=O) groups is 2. The van der Waals surface area contributed by atoms with Crippen molar-refractivity contribution < 1.29 is 14.7 Å². The normalized spacial score (nSPS) is 11.4. The zero-order valence-electron chi connectivity index (χ0n) is 12.9. The summed E-state index contributed by atoms with van der Waals surface area (Å²) in [7, 11) is 0. The number of aliphatic carboxylic acids is 1. The van der Waals surface area contributed by atoms with Crippen molar-refractivity contribution in [3.05, 3.63) is 16.1 Å². The summed E-state index contributed by atoms with van der Waals surface area (Å²) in [4.78, 5) is 27.5. The summed E-state index contributed by atoms with van der Waals surface area (Å²) in [6.07, 6.45) is 2.94. The molecule has 6 heteroatoms. The Morgan fingerprint density at radius 2 is 2.05 bits per heavy atom. The van der Waals surface area contributed by atoms with Gasteiger partial charge in [0.2, 0.25) is 5.91 Å². The molecule has 118 valence electrons. The van der Waals surface area contributed by atoms with Crippen molar-refractivity contribution in [3.63, 3.8) is 0 Å². The van der Waals surface area contributed by atoms with E-state index in [-0.39, 0.29) is 12.5 Å². The Morgan fingerprint density at radius 3 is 2.52 bits per heavy atom. The van der Waals surface area contributed by atoms with Gasteiger partial charge in [0.25, 0.3) is 0 Å². The second-order valence-corrected chi connectivity index (χ2v) is 6.34. The molecular formula is C15H24N2O3S. The Hall–Kier alpha value is -1.43. The van der Waals surface area contributed by atoms with Crippen LogP contribution in [0.5, 0.6) is 0 Å². The SMILES string of the molecule is CCC(CC)(CNC(=O)CCCc1csc(C)n1)C(=O)O. The number of thiazole rings is 1. The third-order valence-electron chi connectivity index (χ3n) is 3.93. The van der Waals surface area contributed by atoms with Crippen LogP contribution in [-0.4, -0.2) is 28.5 Å². The molecule has 0 radical (unpaired) electrons. The fraction of sp³-hybridized carbons (Fsp3) is 0.667. The molecule has 0 aliphatic rings. The van der Waals surface area contributed by atoms with E-state index in [9.17, 15) is 14.7 Å². The number of hydrogen-bond donors (Lipinski definition) is 2. The molecule has 0 saturated heterocycles. The van der Waals surface area contributed by atoms with Crippen LogP contribution in [0.1, 0.15) is 50.2 Å². The third-order valence-corrected chi connectivity index (χ3v) is 4.76. The van der Waals surface area contributed by atoms with Crippen molar-refractivity contribution in [3.8, 4) is 0 Å². The van der Waals surface area contributed by atoms with Gasteiger partial charge >= 0.3 is 5.97 Å². The van der Waals surface area contributed by atoms with E-state index in [0.717, 1.165) is 23.5 Å². The maximum atomic E-state index is 11.8. The predicted molar refractivity (Wildman–Crippen MR) is 83.4 cm³/mol. The van der Waals surface area contributed by atoms with Crippen LogP contribution < -0.4 is 5.32 Å². The molecule has 5 nitrogen and oxygen atoms in total. The van der Waals surface area contributed by atoms with E-state index in [1.54, 1.807) is 11.3 Å². The van der Waals surface area contributed by atoms with Crippen LogP contribution in [0.3, 0.4) is 0 Å². The van der Waals surface area contributed by atoms with E-state index in [1.807, 2.05) is 26.2 Å². The minimum atomic E-state index is -0.846. The molecule has 0 bridgehead atoms. The minimum Gasteiger partial charge on any atom is -0.481 e. The third kappa shape index (κ3) is 5.12. The van der Waals surface area contributed by atoms with Crippen LogP contribution in [0.25, 0.3) is 0 Å². The smallest absolute Gasteiger partial charge is 0.311 e. The second-order valence-electron chi connectivity index (χ2n) is 5.28. The molecule has 1 aromatic rings. The topological polar surface area (TPSA) is 79.3 Å². The molecule has 0 aliphatic heterocycles. The zero-order valence-corrected chi connectivity index (χ0v) is 13.8. The number of hydrogen-bond acceptors (Lipinski definition) is 4. The van der Waals surface area contributed by atoms with Gasteiger partial charge < -0.3 is 10.4 Å². The quantitative estimate of drug-likeness (QED) is 0.735. The molecule has 0 fully saturated rings. The van der Waals surface area contributed by atoms with Crippen LogP contribution >= 0.6 is 11.3 Å².